The van der Waals surface area contributed by atoms with Crippen LogP contribution in [-0.4, -0.2) is 4.98 Å². The Hall–Kier alpha value is -1.61. The summed E-state index contributed by atoms with van der Waals surface area (Å²) < 4.78 is 13.2. The SMILES string of the molecule is CCC(Nc1ccc(Cl)nc1)c1cccc(F)c1. The minimum Gasteiger partial charge on any atom is -0.377 e. The normalized spacial score (nSPS) is 12.2. The van der Waals surface area contributed by atoms with Crippen LogP contribution >= 0.6 is 11.6 Å². The van der Waals surface area contributed by atoms with Gasteiger partial charge in [-0.1, -0.05) is 30.7 Å². The lowest BCUT2D eigenvalue weighted by molar-refractivity contribution is 0.621. The van der Waals surface area contributed by atoms with Crippen LogP contribution in [0, 0.1) is 5.82 Å². The van der Waals surface area contributed by atoms with Crippen LogP contribution in [0.25, 0.3) is 0 Å². The number of anilines is 1. The molecule has 18 heavy (non-hydrogen) atoms. The Morgan fingerprint density at radius 3 is 2.78 bits per heavy atom. The summed E-state index contributed by atoms with van der Waals surface area (Å²) in [6, 6.07) is 10.3. The van der Waals surface area contributed by atoms with E-state index >= 15 is 0 Å². The van der Waals surface area contributed by atoms with Crippen molar-refractivity contribution in [2.45, 2.75) is 19.4 Å². The molecule has 1 N–H and O–H groups in total. The second kappa shape index (κ2) is 5.83. The van der Waals surface area contributed by atoms with E-state index in [9.17, 15) is 4.39 Å². The van der Waals surface area contributed by atoms with Gasteiger partial charge in [-0.25, -0.2) is 9.37 Å². The van der Waals surface area contributed by atoms with Gasteiger partial charge in [0.2, 0.25) is 0 Å². The van der Waals surface area contributed by atoms with Crippen molar-refractivity contribution in [3.63, 3.8) is 0 Å². The summed E-state index contributed by atoms with van der Waals surface area (Å²) >= 11 is 5.73. The third-order valence-corrected chi connectivity index (χ3v) is 2.95. The number of nitrogens with zero attached hydrogens (tertiary/aromatic N) is 1. The molecule has 0 saturated carbocycles. The van der Waals surface area contributed by atoms with Crippen molar-refractivity contribution in [2.24, 2.45) is 0 Å². The number of hydrogen-bond donors (Lipinski definition) is 1. The van der Waals surface area contributed by atoms with Gasteiger partial charge in [0.1, 0.15) is 11.0 Å². The van der Waals surface area contributed by atoms with E-state index in [0.29, 0.717) is 5.15 Å². The monoisotopic (exact) mass is 264 g/mol. The number of rotatable bonds is 4. The van der Waals surface area contributed by atoms with Gasteiger partial charge >= 0.3 is 0 Å². The molecule has 2 rings (SSSR count). The first kappa shape index (κ1) is 12.8. The highest BCUT2D eigenvalue weighted by Gasteiger charge is 2.09. The fourth-order valence-electron chi connectivity index (χ4n) is 1.81. The molecule has 1 unspecified atom stereocenters. The molecule has 1 atom stereocenters. The zero-order valence-corrected chi connectivity index (χ0v) is 10.8. The molecule has 0 aliphatic carbocycles. The lowest BCUT2D eigenvalue weighted by atomic mass is 10.0. The van der Waals surface area contributed by atoms with Gasteiger partial charge in [0.15, 0.2) is 0 Å². The maximum absolute atomic E-state index is 13.2. The Bertz CT molecular complexity index is 513. The summed E-state index contributed by atoms with van der Waals surface area (Å²) in [5.74, 6) is -0.220. The number of pyridine rings is 1. The minimum atomic E-state index is -0.220. The third kappa shape index (κ3) is 3.20. The predicted molar refractivity (Wildman–Crippen MR) is 72.3 cm³/mol. The van der Waals surface area contributed by atoms with Gasteiger partial charge in [-0.3, -0.25) is 0 Å². The Balaban J connectivity index is 2.17. The average molecular weight is 265 g/mol. The van der Waals surface area contributed by atoms with E-state index in [-0.39, 0.29) is 11.9 Å². The third-order valence-electron chi connectivity index (χ3n) is 2.73. The van der Waals surface area contributed by atoms with Gasteiger partial charge in [-0.05, 0) is 36.2 Å². The van der Waals surface area contributed by atoms with Gasteiger partial charge in [-0.15, -0.1) is 0 Å². The molecule has 0 aliphatic rings. The highest BCUT2D eigenvalue weighted by Crippen LogP contribution is 2.23. The minimum absolute atomic E-state index is 0.0590. The van der Waals surface area contributed by atoms with Crippen molar-refractivity contribution in [3.8, 4) is 0 Å². The van der Waals surface area contributed by atoms with Gasteiger partial charge < -0.3 is 5.32 Å². The molecule has 0 saturated heterocycles. The maximum atomic E-state index is 13.2. The highest BCUT2D eigenvalue weighted by atomic mass is 35.5. The van der Waals surface area contributed by atoms with E-state index in [1.165, 1.54) is 6.07 Å². The number of nitrogens with one attached hydrogen (secondary N) is 1. The number of halogens is 2. The highest BCUT2D eigenvalue weighted by molar-refractivity contribution is 6.29. The first-order valence-corrected chi connectivity index (χ1v) is 6.20. The fraction of sp³-hybridized carbons (Fsp3) is 0.214. The fourth-order valence-corrected chi connectivity index (χ4v) is 1.92. The summed E-state index contributed by atoms with van der Waals surface area (Å²) in [5.41, 5.74) is 1.79. The first-order chi connectivity index (χ1) is 8.69. The van der Waals surface area contributed by atoms with Gasteiger partial charge in [0.05, 0.1) is 17.9 Å². The molecular weight excluding hydrogens is 251 g/mol. The largest absolute Gasteiger partial charge is 0.377 e. The molecule has 4 heteroatoms. The second-order valence-corrected chi connectivity index (χ2v) is 4.42. The van der Waals surface area contributed by atoms with E-state index in [1.807, 2.05) is 19.1 Å². The first-order valence-electron chi connectivity index (χ1n) is 5.82. The lowest BCUT2D eigenvalue weighted by Gasteiger charge is -2.18. The van der Waals surface area contributed by atoms with Crippen molar-refractivity contribution in [1.82, 2.24) is 4.98 Å². The predicted octanol–water partition coefficient (Wildman–Crippen LogP) is 4.44. The van der Waals surface area contributed by atoms with Gasteiger partial charge in [0.25, 0.3) is 0 Å². The molecule has 0 aliphatic heterocycles. The zero-order chi connectivity index (χ0) is 13.0. The molecular formula is C14H14ClFN2. The molecule has 94 valence electrons. The van der Waals surface area contributed by atoms with E-state index < -0.39 is 0 Å². The Kier molecular flexibility index (Phi) is 4.15. The summed E-state index contributed by atoms with van der Waals surface area (Å²) in [6.07, 6.45) is 2.52. The molecule has 0 bridgehead atoms. The standard InChI is InChI=1S/C14H14ClFN2/c1-2-13(10-4-3-5-11(16)8-10)18-12-6-7-14(15)17-9-12/h3-9,13,18H,2H2,1H3. The Labute approximate surface area is 111 Å². The van der Waals surface area contributed by atoms with Crippen molar-refractivity contribution < 1.29 is 4.39 Å². The van der Waals surface area contributed by atoms with Crippen LogP contribution in [0.2, 0.25) is 5.15 Å². The average Bonchev–Trinajstić information content (AvgIpc) is 2.38. The van der Waals surface area contributed by atoms with E-state index in [0.717, 1.165) is 17.7 Å². The van der Waals surface area contributed by atoms with Crippen molar-refractivity contribution >= 4 is 17.3 Å². The molecule has 1 aromatic carbocycles. The summed E-state index contributed by atoms with van der Waals surface area (Å²) in [6.45, 7) is 2.05. The topological polar surface area (TPSA) is 24.9 Å². The van der Waals surface area contributed by atoms with Crippen LogP contribution in [-0.2, 0) is 0 Å². The quantitative estimate of drug-likeness (QED) is 0.826. The van der Waals surface area contributed by atoms with Crippen LogP contribution in [0.1, 0.15) is 24.9 Å². The van der Waals surface area contributed by atoms with Crippen LogP contribution < -0.4 is 5.32 Å². The van der Waals surface area contributed by atoms with Crippen LogP contribution in [0.15, 0.2) is 42.6 Å². The Morgan fingerprint density at radius 2 is 2.17 bits per heavy atom. The summed E-state index contributed by atoms with van der Waals surface area (Å²) in [7, 11) is 0. The van der Waals surface area contributed by atoms with Crippen molar-refractivity contribution in [2.75, 3.05) is 5.32 Å². The smallest absolute Gasteiger partial charge is 0.129 e. The lowest BCUT2D eigenvalue weighted by Crippen LogP contribution is -2.10. The molecule has 0 fully saturated rings. The number of hydrogen-bond acceptors (Lipinski definition) is 2. The number of benzene rings is 1. The molecule has 0 amide bonds. The second-order valence-electron chi connectivity index (χ2n) is 4.03. The van der Waals surface area contributed by atoms with Crippen LogP contribution in [0.3, 0.4) is 0 Å². The molecule has 2 aromatic rings. The maximum Gasteiger partial charge on any atom is 0.129 e. The van der Waals surface area contributed by atoms with Crippen LogP contribution in [0.5, 0.6) is 0 Å². The van der Waals surface area contributed by atoms with Gasteiger partial charge in [-0.2, -0.15) is 0 Å². The zero-order valence-electron chi connectivity index (χ0n) is 10.0. The molecule has 0 radical (unpaired) electrons. The van der Waals surface area contributed by atoms with E-state index in [1.54, 1.807) is 24.4 Å². The van der Waals surface area contributed by atoms with Crippen LogP contribution in [0.4, 0.5) is 10.1 Å². The van der Waals surface area contributed by atoms with Crippen molar-refractivity contribution in [1.29, 1.82) is 0 Å². The Morgan fingerprint density at radius 1 is 1.33 bits per heavy atom. The van der Waals surface area contributed by atoms with E-state index in [2.05, 4.69) is 10.3 Å². The molecule has 0 spiro atoms. The van der Waals surface area contributed by atoms with Gasteiger partial charge in [0, 0.05) is 0 Å². The van der Waals surface area contributed by atoms with E-state index in [4.69, 9.17) is 11.6 Å². The summed E-state index contributed by atoms with van der Waals surface area (Å²) in [5, 5.41) is 3.77. The molecule has 1 heterocycles. The van der Waals surface area contributed by atoms with Crippen molar-refractivity contribution in [3.05, 3.63) is 59.1 Å². The molecule has 2 nitrogen and oxygen atoms in total. The summed E-state index contributed by atoms with van der Waals surface area (Å²) in [4.78, 5) is 4.01. The molecule has 1 aromatic heterocycles. The number of aromatic nitrogens is 1.